The van der Waals surface area contributed by atoms with Crippen LogP contribution in [0, 0.1) is 12.8 Å². The number of carbonyl (C=O) groups is 4. The molecule has 1 saturated heterocycles. The first-order valence-electron chi connectivity index (χ1n) is 19.2. The molecule has 1 unspecified atom stereocenters. The summed E-state index contributed by atoms with van der Waals surface area (Å²) in [4.78, 5) is 60.5. The van der Waals surface area contributed by atoms with E-state index in [4.69, 9.17) is 20.3 Å². The molecule has 0 spiro atoms. The fourth-order valence-corrected chi connectivity index (χ4v) is 6.33. The number of aromatic nitrogens is 3. The topological polar surface area (TPSA) is 194 Å². The average molecular weight is 751 g/mol. The Morgan fingerprint density at radius 3 is 2.43 bits per heavy atom. The van der Waals surface area contributed by atoms with Crippen molar-refractivity contribution in [3.8, 4) is 0 Å². The summed E-state index contributed by atoms with van der Waals surface area (Å²) in [5.74, 6) is -1.31. The van der Waals surface area contributed by atoms with Crippen molar-refractivity contribution in [3.63, 3.8) is 0 Å². The maximum atomic E-state index is 12.8. The molecule has 5 N–H and O–H groups in total. The molecule has 0 saturated carbocycles. The number of carboxylic acid groups (broad SMARTS) is 1. The van der Waals surface area contributed by atoms with Crippen LogP contribution in [-0.2, 0) is 41.7 Å². The highest BCUT2D eigenvalue weighted by Gasteiger charge is 2.21. The molecule has 15 heteroatoms. The fourth-order valence-electron chi connectivity index (χ4n) is 6.33. The number of hydrogen-bond donors (Lipinski definition) is 4. The Bertz CT molecular complexity index is 1690. The van der Waals surface area contributed by atoms with E-state index in [9.17, 15) is 19.2 Å². The lowest BCUT2D eigenvalue weighted by atomic mass is 10.0. The molecule has 4 rings (SSSR count). The van der Waals surface area contributed by atoms with Crippen molar-refractivity contribution < 1.29 is 33.8 Å². The van der Waals surface area contributed by atoms with Crippen molar-refractivity contribution in [1.82, 2.24) is 29.7 Å². The minimum Gasteiger partial charge on any atom is -0.481 e. The van der Waals surface area contributed by atoms with Crippen LogP contribution in [0.15, 0.2) is 30.5 Å². The zero-order chi connectivity index (χ0) is 38.9. The number of anilines is 2. The summed E-state index contributed by atoms with van der Waals surface area (Å²) in [6.45, 7) is 12.4. The lowest BCUT2D eigenvalue weighted by molar-refractivity contribution is -0.143. The van der Waals surface area contributed by atoms with Crippen LogP contribution in [0.5, 0.6) is 0 Å². The van der Waals surface area contributed by atoms with Gasteiger partial charge in [0, 0.05) is 71.5 Å². The SMILES string of the molecule is CCCCCNc1nc(N)nc2ccn(Cc3ccc(CN4CCN(C(=O)CCOCCOCCCC(=O)CNC(=O)CC(C)C(=O)O)CC4)cc3C)c12. The molecule has 3 heterocycles. The van der Waals surface area contributed by atoms with Gasteiger partial charge in [0.25, 0.3) is 0 Å². The van der Waals surface area contributed by atoms with Gasteiger partial charge in [-0.3, -0.25) is 24.1 Å². The van der Waals surface area contributed by atoms with Crippen LogP contribution < -0.4 is 16.4 Å². The van der Waals surface area contributed by atoms with E-state index in [1.165, 1.54) is 23.6 Å². The highest BCUT2D eigenvalue weighted by molar-refractivity contribution is 5.88. The number of fused-ring (bicyclic) bond motifs is 1. The van der Waals surface area contributed by atoms with Gasteiger partial charge < -0.3 is 40.4 Å². The van der Waals surface area contributed by atoms with Crippen LogP contribution in [0.2, 0.25) is 0 Å². The molecule has 2 aromatic heterocycles. The standard InChI is InChI=1S/C39H58N8O7/c1-4-5-6-13-41-37-36-33(43-39(40)44-37)11-14-47(36)27-31-10-9-30(23-28(31)2)26-45-15-17-46(18-16-45)35(50)12-20-54-22-21-53-19-7-8-32(48)25-42-34(49)24-29(3)38(51)52/h9-11,14,23,29H,4-8,12-13,15-22,24-27H2,1-3H3,(H,42,49)(H,51,52)(H3,40,41,43,44). The first-order chi connectivity index (χ1) is 26.0. The van der Waals surface area contributed by atoms with Gasteiger partial charge in [-0.25, -0.2) is 4.98 Å². The molecular weight excluding hydrogens is 692 g/mol. The number of carbonyl (C=O) groups excluding carboxylic acids is 3. The van der Waals surface area contributed by atoms with Crippen LogP contribution >= 0.6 is 0 Å². The summed E-state index contributed by atoms with van der Waals surface area (Å²) in [7, 11) is 0. The molecule has 2 amide bonds. The molecule has 1 fully saturated rings. The van der Waals surface area contributed by atoms with E-state index in [0.29, 0.717) is 58.9 Å². The number of benzene rings is 1. The molecule has 1 aliphatic rings. The highest BCUT2D eigenvalue weighted by atomic mass is 16.5. The molecule has 15 nitrogen and oxygen atoms in total. The van der Waals surface area contributed by atoms with Gasteiger partial charge in [0.15, 0.2) is 11.6 Å². The zero-order valence-corrected chi connectivity index (χ0v) is 32.1. The lowest BCUT2D eigenvalue weighted by Crippen LogP contribution is -2.48. The first-order valence-corrected chi connectivity index (χ1v) is 19.2. The molecule has 0 aliphatic carbocycles. The lowest BCUT2D eigenvalue weighted by Gasteiger charge is -2.35. The summed E-state index contributed by atoms with van der Waals surface area (Å²) in [6.07, 6.45) is 6.35. The Morgan fingerprint density at radius 1 is 0.944 bits per heavy atom. The third-order valence-electron chi connectivity index (χ3n) is 9.55. The van der Waals surface area contributed by atoms with Gasteiger partial charge in [-0.15, -0.1) is 0 Å². The number of aryl methyl sites for hydroxylation is 1. The van der Waals surface area contributed by atoms with Gasteiger partial charge in [0.05, 0.1) is 44.2 Å². The molecule has 3 aromatic rings. The Hall–Kier alpha value is -4.60. The number of carboxylic acids is 1. The van der Waals surface area contributed by atoms with Crippen LogP contribution in [0.1, 0.15) is 75.5 Å². The first kappa shape index (κ1) is 42.1. The molecule has 54 heavy (non-hydrogen) atoms. The van der Waals surface area contributed by atoms with Crippen molar-refractivity contribution in [2.45, 2.75) is 78.8 Å². The van der Waals surface area contributed by atoms with Gasteiger partial charge in [0.2, 0.25) is 17.8 Å². The van der Waals surface area contributed by atoms with Crippen molar-refractivity contribution in [1.29, 1.82) is 0 Å². The van der Waals surface area contributed by atoms with Gasteiger partial charge in [-0.1, -0.05) is 44.9 Å². The number of unbranched alkanes of at least 4 members (excludes halogenated alkanes) is 2. The Kier molecular flexibility index (Phi) is 17.1. The number of nitrogens with zero attached hydrogens (tertiary/aromatic N) is 5. The number of nitrogens with one attached hydrogen (secondary N) is 2. The number of piperazine rings is 1. The van der Waals surface area contributed by atoms with Crippen LogP contribution in [0.3, 0.4) is 0 Å². The van der Waals surface area contributed by atoms with Gasteiger partial charge in [0.1, 0.15) is 5.52 Å². The number of hydrogen-bond acceptors (Lipinski definition) is 11. The third kappa shape index (κ3) is 13.7. The van der Waals surface area contributed by atoms with Gasteiger partial charge in [-0.05, 0) is 42.5 Å². The van der Waals surface area contributed by atoms with Crippen LogP contribution in [-0.4, -0.2) is 119 Å². The number of amides is 2. The van der Waals surface area contributed by atoms with E-state index in [0.717, 1.165) is 62.3 Å². The molecule has 0 bridgehead atoms. The largest absolute Gasteiger partial charge is 0.481 e. The monoisotopic (exact) mass is 750 g/mol. The van der Waals surface area contributed by atoms with E-state index in [-0.39, 0.29) is 37.0 Å². The number of ketones is 1. The fraction of sp³-hybridized carbons (Fsp3) is 0.590. The molecule has 1 aromatic carbocycles. The molecule has 1 atom stereocenters. The van der Waals surface area contributed by atoms with E-state index in [2.05, 4.69) is 62.1 Å². The second-order valence-corrected chi connectivity index (χ2v) is 14.0. The quantitative estimate of drug-likeness (QED) is 0.0974. The van der Waals surface area contributed by atoms with Crippen molar-refractivity contribution >= 4 is 46.4 Å². The number of aliphatic carboxylic acids is 1. The number of ether oxygens (including phenoxy) is 2. The van der Waals surface area contributed by atoms with Crippen molar-refractivity contribution in [2.24, 2.45) is 5.92 Å². The molecular formula is C39H58N8O7. The maximum absolute atomic E-state index is 12.8. The van der Waals surface area contributed by atoms with Gasteiger partial charge >= 0.3 is 5.97 Å². The van der Waals surface area contributed by atoms with E-state index in [1.54, 1.807) is 0 Å². The second-order valence-electron chi connectivity index (χ2n) is 14.0. The Balaban J connectivity index is 1.08. The number of nitrogen functional groups attached to an aromatic ring is 1. The van der Waals surface area contributed by atoms with E-state index >= 15 is 0 Å². The molecule has 296 valence electrons. The zero-order valence-electron chi connectivity index (χ0n) is 32.1. The Labute approximate surface area is 318 Å². The van der Waals surface area contributed by atoms with Crippen molar-refractivity contribution in [2.75, 3.05) is 76.7 Å². The van der Waals surface area contributed by atoms with E-state index < -0.39 is 17.8 Å². The smallest absolute Gasteiger partial charge is 0.306 e. The summed E-state index contributed by atoms with van der Waals surface area (Å²) >= 11 is 0. The van der Waals surface area contributed by atoms with Gasteiger partial charge in [-0.2, -0.15) is 4.98 Å². The van der Waals surface area contributed by atoms with Crippen LogP contribution in [0.4, 0.5) is 11.8 Å². The second kappa shape index (κ2) is 21.9. The maximum Gasteiger partial charge on any atom is 0.306 e. The summed E-state index contributed by atoms with van der Waals surface area (Å²) in [6, 6.07) is 8.65. The summed E-state index contributed by atoms with van der Waals surface area (Å²) < 4.78 is 13.3. The summed E-state index contributed by atoms with van der Waals surface area (Å²) in [5, 5.41) is 14.8. The predicted octanol–water partition coefficient (Wildman–Crippen LogP) is 3.62. The van der Waals surface area contributed by atoms with Crippen molar-refractivity contribution in [3.05, 3.63) is 47.2 Å². The minimum atomic E-state index is -1.05. The third-order valence-corrected chi connectivity index (χ3v) is 9.55. The van der Waals surface area contributed by atoms with E-state index in [1.807, 2.05) is 17.2 Å². The number of nitrogens with two attached hydrogens (primary N) is 1. The highest BCUT2D eigenvalue weighted by Crippen LogP contribution is 2.25. The summed E-state index contributed by atoms with van der Waals surface area (Å²) in [5.41, 5.74) is 11.5. The van der Waals surface area contributed by atoms with Crippen LogP contribution in [0.25, 0.3) is 11.0 Å². The molecule has 1 aliphatic heterocycles. The average Bonchev–Trinajstić information content (AvgIpc) is 3.55. The number of rotatable bonds is 24. The molecule has 0 radical (unpaired) electrons. The Morgan fingerprint density at radius 2 is 1.70 bits per heavy atom. The normalized spacial score (nSPS) is 13.9. The number of Topliss-reactive ketones (excluding diaryl/α,β-unsaturated/α-hetero) is 1. The predicted molar refractivity (Wildman–Crippen MR) is 207 cm³/mol. The minimum absolute atomic E-state index is 0.0868.